The van der Waals surface area contributed by atoms with Crippen LogP contribution in [0.4, 0.5) is 23.9 Å². The number of benzene rings is 1. The van der Waals surface area contributed by atoms with Gasteiger partial charge >= 0.3 is 6.09 Å². The first-order valence-electron chi connectivity index (χ1n) is 9.04. The molecule has 3 aromatic rings. The molecule has 0 unspecified atom stereocenters. The van der Waals surface area contributed by atoms with Crippen LogP contribution in [0.15, 0.2) is 36.4 Å². The van der Waals surface area contributed by atoms with Gasteiger partial charge in [0.1, 0.15) is 18.1 Å². The normalized spacial score (nSPS) is 10.9. The van der Waals surface area contributed by atoms with E-state index in [1.807, 2.05) is 0 Å². The molecule has 1 aromatic carbocycles. The van der Waals surface area contributed by atoms with Crippen molar-refractivity contribution < 1.29 is 27.8 Å². The van der Waals surface area contributed by atoms with Crippen LogP contribution >= 0.6 is 0 Å². The van der Waals surface area contributed by atoms with Crippen LogP contribution in [0.3, 0.4) is 0 Å². The molecule has 0 bridgehead atoms. The summed E-state index contributed by atoms with van der Waals surface area (Å²) in [6, 6.07) is 8.09. The second-order valence-electron chi connectivity index (χ2n) is 6.42. The highest BCUT2D eigenvalue weighted by atomic mass is 19.3. The number of amides is 1. The number of carboxylic acid groups (broad SMARTS) is 1. The highest BCUT2D eigenvalue weighted by Gasteiger charge is 2.21. The Morgan fingerprint density at radius 2 is 1.87 bits per heavy atom. The Balaban J connectivity index is 2.17. The van der Waals surface area contributed by atoms with E-state index in [4.69, 9.17) is 15.6 Å². The van der Waals surface area contributed by atoms with Crippen molar-refractivity contribution in [3.63, 3.8) is 0 Å². The molecule has 0 aliphatic carbocycles. The van der Waals surface area contributed by atoms with Crippen LogP contribution in [0.5, 0.6) is 5.88 Å². The van der Waals surface area contributed by atoms with Gasteiger partial charge < -0.3 is 20.9 Å². The summed E-state index contributed by atoms with van der Waals surface area (Å²) in [6.45, 7) is 1.40. The van der Waals surface area contributed by atoms with Crippen molar-refractivity contribution in [1.82, 2.24) is 20.3 Å². The van der Waals surface area contributed by atoms with Crippen LogP contribution in [0, 0.1) is 12.7 Å². The van der Waals surface area contributed by atoms with Crippen LogP contribution in [0.25, 0.3) is 22.4 Å². The molecule has 3 rings (SSSR count). The molecule has 8 nitrogen and oxygen atoms in total. The number of pyridine rings is 1. The minimum atomic E-state index is -2.81. The topological polar surface area (TPSA) is 123 Å². The van der Waals surface area contributed by atoms with Gasteiger partial charge in [0.15, 0.2) is 0 Å². The number of ether oxygens (including phenoxy) is 1. The zero-order chi connectivity index (χ0) is 22.5. The summed E-state index contributed by atoms with van der Waals surface area (Å²) in [5.41, 5.74) is 6.91. The van der Waals surface area contributed by atoms with Crippen molar-refractivity contribution in [2.24, 2.45) is 0 Å². The van der Waals surface area contributed by atoms with Gasteiger partial charge in [-0.2, -0.15) is 4.98 Å². The van der Waals surface area contributed by atoms with Gasteiger partial charge in [0.25, 0.3) is 6.43 Å². The molecule has 11 heteroatoms. The molecule has 0 aliphatic heterocycles. The molecule has 0 saturated heterocycles. The number of rotatable bonds is 7. The Kier molecular flexibility index (Phi) is 6.53. The summed E-state index contributed by atoms with van der Waals surface area (Å²) in [7, 11) is 0. The molecular weight excluding hydrogens is 415 g/mol. The van der Waals surface area contributed by atoms with E-state index >= 15 is 0 Å². The third-order valence-corrected chi connectivity index (χ3v) is 4.11. The lowest BCUT2D eigenvalue weighted by molar-refractivity contribution is 0.146. The summed E-state index contributed by atoms with van der Waals surface area (Å²) in [5, 5.41) is 10.8. The third-order valence-electron chi connectivity index (χ3n) is 4.11. The molecule has 0 spiro atoms. The summed E-state index contributed by atoms with van der Waals surface area (Å²) >= 11 is 0. The monoisotopic (exact) mass is 433 g/mol. The summed E-state index contributed by atoms with van der Waals surface area (Å²) in [4.78, 5) is 22.8. The van der Waals surface area contributed by atoms with Gasteiger partial charge in [-0.3, -0.25) is 4.98 Å². The predicted molar refractivity (Wildman–Crippen MR) is 106 cm³/mol. The molecule has 2 aromatic heterocycles. The zero-order valence-corrected chi connectivity index (χ0v) is 16.3. The van der Waals surface area contributed by atoms with Crippen LogP contribution in [0.1, 0.15) is 17.8 Å². The molecule has 1 amide bonds. The highest BCUT2D eigenvalue weighted by Crippen LogP contribution is 2.39. The Bertz CT molecular complexity index is 1090. The Morgan fingerprint density at radius 3 is 2.52 bits per heavy atom. The number of hydrogen-bond acceptors (Lipinski definition) is 6. The molecule has 0 aliphatic rings. The lowest BCUT2D eigenvalue weighted by Crippen LogP contribution is -2.26. The van der Waals surface area contributed by atoms with Crippen molar-refractivity contribution in [2.75, 3.05) is 18.9 Å². The number of nitrogens with two attached hydrogens (primary N) is 1. The average molecular weight is 433 g/mol. The SMILES string of the molecule is Cc1cc(-c2c(OCCNC(=O)O)nc(N)nc2-c2ccc(F)cc2)cc(C(F)F)n1. The van der Waals surface area contributed by atoms with E-state index in [0.717, 1.165) is 0 Å². The first kappa shape index (κ1) is 21.8. The van der Waals surface area contributed by atoms with Gasteiger partial charge in [-0.25, -0.2) is 22.9 Å². The molecule has 4 N–H and O–H groups in total. The molecular formula is C20H18F3N5O3. The maximum absolute atomic E-state index is 13.4. The fourth-order valence-electron chi connectivity index (χ4n) is 2.89. The molecule has 2 heterocycles. The number of halogens is 3. The molecule has 0 atom stereocenters. The number of hydrogen-bond donors (Lipinski definition) is 3. The predicted octanol–water partition coefficient (Wildman–Crippen LogP) is 3.82. The number of aryl methyl sites for hydroxylation is 1. The summed E-state index contributed by atoms with van der Waals surface area (Å²) in [5.74, 6) is -0.669. The van der Waals surface area contributed by atoms with Crippen LogP contribution in [0.2, 0.25) is 0 Å². The minimum Gasteiger partial charge on any atom is -0.475 e. The van der Waals surface area contributed by atoms with Gasteiger partial charge in [-0.1, -0.05) is 0 Å². The van der Waals surface area contributed by atoms with Gasteiger partial charge in [-0.15, -0.1) is 0 Å². The van der Waals surface area contributed by atoms with E-state index < -0.39 is 24.0 Å². The number of nitrogens with one attached hydrogen (secondary N) is 1. The molecule has 162 valence electrons. The molecule has 0 radical (unpaired) electrons. The fraction of sp³-hybridized carbons (Fsp3) is 0.200. The zero-order valence-electron chi connectivity index (χ0n) is 16.3. The van der Waals surface area contributed by atoms with E-state index in [2.05, 4.69) is 20.3 Å². The quantitative estimate of drug-likeness (QED) is 0.484. The second kappa shape index (κ2) is 9.28. The van der Waals surface area contributed by atoms with Crippen molar-refractivity contribution >= 4 is 12.0 Å². The first-order valence-corrected chi connectivity index (χ1v) is 9.04. The first-order chi connectivity index (χ1) is 14.7. The Morgan fingerprint density at radius 1 is 1.16 bits per heavy atom. The number of alkyl halides is 2. The van der Waals surface area contributed by atoms with E-state index in [1.54, 1.807) is 13.0 Å². The maximum Gasteiger partial charge on any atom is 0.404 e. The molecule has 0 fully saturated rings. The van der Waals surface area contributed by atoms with Crippen molar-refractivity contribution in [1.29, 1.82) is 0 Å². The number of carbonyl (C=O) groups is 1. The van der Waals surface area contributed by atoms with Gasteiger partial charge in [-0.05, 0) is 48.9 Å². The molecule has 31 heavy (non-hydrogen) atoms. The van der Waals surface area contributed by atoms with Gasteiger partial charge in [0, 0.05) is 11.3 Å². The van der Waals surface area contributed by atoms with Gasteiger partial charge in [0.05, 0.1) is 17.8 Å². The van der Waals surface area contributed by atoms with Gasteiger partial charge in [0.2, 0.25) is 11.8 Å². The number of nitrogen functional groups attached to an aromatic ring is 1. The van der Waals surface area contributed by atoms with E-state index in [0.29, 0.717) is 16.8 Å². The standard InChI is InChI=1S/C20H18F3N5O3/c1-10-8-12(9-14(26-10)17(22)23)15-16(11-2-4-13(21)5-3-11)27-19(24)28-18(15)31-7-6-25-20(29)30/h2-5,8-9,17,25H,6-7H2,1H3,(H,29,30)(H2,24,27,28). The summed E-state index contributed by atoms with van der Waals surface area (Å²) < 4.78 is 45.7. The third kappa shape index (κ3) is 5.38. The van der Waals surface area contributed by atoms with E-state index in [-0.39, 0.29) is 36.2 Å². The largest absolute Gasteiger partial charge is 0.475 e. The highest BCUT2D eigenvalue weighted by molar-refractivity contribution is 5.85. The van der Waals surface area contributed by atoms with E-state index in [9.17, 15) is 18.0 Å². The molecule has 0 saturated carbocycles. The Labute approximate surface area is 174 Å². The maximum atomic E-state index is 13.4. The Hall–Kier alpha value is -3.89. The number of nitrogens with zero attached hydrogens (tertiary/aromatic N) is 3. The van der Waals surface area contributed by atoms with Crippen molar-refractivity contribution in [2.45, 2.75) is 13.3 Å². The number of aromatic nitrogens is 3. The fourth-order valence-corrected chi connectivity index (χ4v) is 2.89. The van der Waals surface area contributed by atoms with Crippen LogP contribution in [-0.4, -0.2) is 39.3 Å². The lowest BCUT2D eigenvalue weighted by Gasteiger charge is -2.16. The van der Waals surface area contributed by atoms with Crippen molar-refractivity contribution in [3.05, 3.63) is 53.6 Å². The smallest absolute Gasteiger partial charge is 0.404 e. The van der Waals surface area contributed by atoms with Crippen LogP contribution in [-0.2, 0) is 0 Å². The van der Waals surface area contributed by atoms with Crippen LogP contribution < -0.4 is 15.8 Å². The minimum absolute atomic E-state index is 0.0372. The van der Waals surface area contributed by atoms with E-state index in [1.165, 1.54) is 30.3 Å². The average Bonchev–Trinajstić information content (AvgIpc) is 2.70. The second-order valence-corrected chi connectivity index (χ2v) is 6.42. The number of anilines is 1. The summed E-state index contributed by atoms with van der Waals surface area (Å²) in [6.07, 6.45) is -4.05. The lowest BCUT2D eigenvalue weighted by atomic mass is 9.99. The van der Waals surface area contributed by atoms with Crippen molar-refractivity contribution in [3.8, 4) is 28.3 Å².